The quantitative estimate of drug-likeness (QED) is 0.635. The number of ether oxygens (including phenoxy) is 1. The maximum absolute atomic E-state index is 12.5. The fraction of sp³-hybridized carbons (Fsp3) is 0.304. The fourth-order valence-electron chi connectivity index (χ4n) is 2.93. The average Bonchev–Trinajstić information content (AvgIpc) is 3.40. The Bertz CT molecular complexity index is 1110. The third-order valence-electron chi connectivity index (χ3n) is 4.60. The standard InChI is InChI=1S/C23H25F2N5O2/c1-5-16(13-26-21(31)15-11-12-30(14-15)23(2,3)4)27-19-10-9-18(28-19)17-7-6-8-20(29-17)32-22(24)25/h6-9,11-12,14,22H,1,10,13H2,2-4H3,(H,26,31)(H,27,28). The second-order valence-corrected chi connectivity index (χ2v) is 8.03. The Hall–Kier alpha value is -3.71. The van der Waals surface area contributed by atoms with Crippen LogP contribution in [0.15, 0.2) is 65.7 Å². The lowest BCUT2D eigenvalue weighted by atomic mass is 10.1. The van der Waals surface area contributed by atoms with Gasteiger partial charge in [-0.15, -0.1) is 5.73 Å². The molecule has 2 aromatic rings. The molecule has 0 aliphatic carbocycles. The lowest BCUT2D eigenvalue weighted by molar-refractivity contribution is -0.0528. The van der Waals surface area contributed by atoms with Gasteiger partial charge in [0.05, 0.1) is 29.2 Å². The molecule has 0 saturated carbocycles. The minimum Gasteiger partial charge on any atom is -0.417 e. The highest BCUT2D eigenvalue weighted by atomic mass is 19.3. The van der Waals surface area contributed by atoms with Gasteiger partial charge in [0.2, 0.25) is 5.88 Å². The van der Waals surface area contributed by atoms with Crippen molar-refractivity contribution in [3.8, 4) is 5.88 Å². The lowest BCUT2D eigenvalue weighted by Gasteiger charge is -2.20. The first kappa shape index (κ1) is 23.0. The molecule has 0 bridgehead atoms. The van der Waals surface area contributed by atoms with E-state index < -0.39 is 6.61 Å². The Balaban J connectivity index is 1.58. The number of rotatable bonds is 7. The van der Waals surface area contributed by atoms with Gasteiger partial charge < -0.3 is 19.9 Å². The predicted molar refractivity (Wildman–Crippen MR) is 118 cm³/mol. The van der Waals surface area contributed by atoms with E-state index in [-0.39, 0.29) is 23.9 Å². The molecule has 3 heterocycles. The molecule has 0 radical (unpaired) electrons. The van der Waals surface area contributed by atoms with Gasteiger partial charge in [-0.25, -0.2) is 9.98 Å². The van der Waals surface area contributed by atoms with Crippen molar-refractivity contribution in [1.29, 1.82) is 0 Å². The third-order valence-corrected chi connectivity index (χ3v) is 4.60. The Morgan fingerprint density at radius 3 is 2.78 bits per heavy atom. The van der Waals surface area contributed by atoms with E-state index in [1.165, 1.54) is 6.07 Å². The Morgan fingerprint density at radius 1 is 1.34 bits per heavy atom. The van der Waals surface area contributed by atoms with E-state index >= 15 is 0 Å². The maximum Gasteiger partial charge on any atom is 0.388 e. The number of nitrogens with zero attached hydrogens (tertiary/aromatic N) is 3. The monoisotopic (exact) mass is 441 g/mol. The van der Waals surface area contributed by atoms with Crippen molar-refractivity contribution in [2.45, 2.75) is 39.3 Å². The van der Waals surface area contributed by atoms with Gasteiger partial charge in [0.25, 0.3) is 5.91 Å². The van der Waals surface area contributed by atoms with Crippen molar-refractivity contribution in [3.05, 3.63) is 72.0 Å². The first-order valence-electron chi connectivity index (χ1n) is 9.98. The van der Waals surface area contributed by atoms with E-state index in [1.54, 1.807) is 24.4 Å². The first-order chi connectivity index (χ1) is 15.2. The largest absolute Gasteiger partial charge is 0.417 e. The zero-order valence-corrected chi connectivity index (χ0v) is 18.2. The number of halogens is 2. The summed E-state index contributed by atoms with van der Waals surface area (Å²) >= 11 is 0. The van der Waals surface area contributed by atoms with Crippen LogP contribution in [0.1, 0.15) is 43.2 Å². The number of amides is 1. The van der Waals surface area contributed by atoms with Crippen LogP contribution in [0.2, 0.25) is 0 Å². The van der Waals surface area contributed by atoms with Crippen molar-refractivity contribution in [3.63, 3.8) is 0 Å². The molecule has 1 aliphatic rings. The van der Waals surface area contributed by atoms with E-state index in [0.29, 0.717) is 34.9 Å². The van der Waals surface area contributed by atoms with Gasteiger partial charge >= 0.3 is 6.61 Å². The summed E-state index contributed by atoms with van der Waals surface area (Å²) in [6, 6.07) is 6.34. The molecule has 2 N–H and O–H groups in total. The molecule has 0 saturated heterocycles. The highest BCUT2D eigenvalue weighted by Gasteiger charge is 2.17. The number of hydrogen-bond acceptors (Lipinski definition) is 5. The maximum atomic E-state index is 12.5. The van der Waals surface area contributed by atoms with Crippen molar-refractivity contribution in [2.75, 3.05) is 6.54 Å². The molecule has 1 aliphatic heterocycles. The number of aliphatic imine (C=N–C) groups is 1. The molecule has 7 nitrogen and oxygen atoms in total. The van der Waals surface area contributed by atoms with Crippen molar-refractivity contribution in [1.82, 2.24) is 20.2 Å². The number of carbonyl (C=O) groups excluding carboxylic acids is 1. The average molecular weight is 441 g/mol. The third kappa shape index (κ3) is 5.92. The van der Waals surface area contributed by atoms with Crippen LogP contribution in [-0.2, 0) is 5.54 Å². The zero-order chi connectivity index (χ0) is 23.3. The van der Waals surface area contributed by atoms with Crippen LogP contribution >= 0.6 is 0 Å². The molecule has 3 rings (SSSR count). The van der Waals surface area contributed by atoms with Crippen molar-refractivity contribution in [2.24, 2.45) is 4.99 Å². The Labute approximate surface area is 185 Å². The first-order valence-corrected chi connectivity index (χ1v) is 9.98. The highest BCUT2D eigenvalue weighted by molar-refractivity contribution is 5.96. The number of alkyl halides is 2. The summed E-state index contributed by atoms with van der Waals surface area (Å²) < 4.78 is 31.1. The predicted octanol–water partition coefficient (Wildman–Crippen LogP) is 4.07. The van der Waals surface area contributed by atoms with Crippen molar-refractivity contribution >= 4 is 17.4 Å². The molecular formula is C23H25F2N5O2. The van der Waals surface area contributed by atoms with Crippen LogP contribution in [0.25, 0.3) is 5.70 Å². The second-order valence-electron chi connectivity index (χ2n) is 8.03. The van der Waals surface area contributed by atoms with E-state index in [9.17, 15) is 13.6 Å². The molecule has 9 heteroatoms. The summed E-state index contributed by atoms with van der Waals surface area (Å²) in [4.78, 5) is 20.9. The topological polar surface area (TPSA) is 80.5 Å². The molecule has 0 unspecified atom stereocenters. The molecule has 168 valence electrons. The molecule has 0 spiro atoms. The fourth-order valence-corrected chi connectivity index (χ4v) is 2.93. The second kappa shape index (κ2) is 9.62. The molecular weight excluding hydrogens is 416 g/mol. The number of nitrogens with one attached hydrogen (secondary N) is 2. The van der Waals surface area contributed by atoms with E-state index in [4.69, 9.17) is 0 Å². The molecule has 0 atom stereocenters. The van der Waals surface area contributed by atoms with E-state index in [0.717, 1.165) is 0 Å². The van der Waals surface area contributed by atoms with E-state index in [2.05, 4.69) is 58.4 Å². The summed E-state index contributed by atoms with van der Waals surface area (Å²) in [5.74, 6) is 0.209. The van der Waals surface area contributed by atoms with Crippen LogP contribution in [0.4, 0.5) is 8.78 Å². The Morgan fingerprint density at radius 2 is 2.12 bits per heavy atom. The van der Waals surface area contributed by atoms with Crippen LogP contribution in [0.3, 0.4) is 0 Å². The summed E-state index contributed by atoms with van der Waals surface area (Å²) in [6.45, 7) is 7.06. The zero-order valence-electron chi connectivity index (χ0n) is 18.2. The summed E-state index contributed by atoms with van der Waals surface area (Å²) in [7, 11) is 0. The van der Waals surface area contributed by atoms with Gasteiger partial charge in [-0.2, -0.15) is 8.78 Å². The summed E-state index contributed by atoms with van der Waals surface area (Å²) in [5, 5.41) is 5.92. The number of amidine groups is 1. The summed E-state index contributed by atoms with van der Waals surface area (Å²) in [6.07, 6.45) is 5.96. The number of aromatic nitrogens is 2. The van der Waals surface area contributed by atoms with E-state index in [1.807, 2.05) is 16.8 Å². The van der Waals surface area contributed by atoms with Crippen LogP contribution < -0.4 is 15.4 Å². The van der Waals surface area contributed by atoms with Gasteiger partial charge in [0, 0.05) is 30.4 Å². The number of pyridine rings is 1. The van der Waals surface area contributed by atoms with Crippen LogP contribution in [-0.4, -0.2) is 34.5 Å². The lowest BCUT2D eigenvalue weighted by Crippen LogP contribution is -2.32. The van der Waals surface area contributed by atoms with Gasteiger partial charge in [-0.3, -0.25) is 4.79 Å². The Kier molecular flexibility index (Phi) is 6.90. The molecule has 0 fully saturated rings. The molecule has 32 heavy (non-hydrogen) atoms. The van der Waals surface area contributed by atoms with Crippen LogP contribution in [0.5, 0.6) is 5.88 Å². The number of carbonyl (C=O) groups is 1. The highest BCUT2D eigenvalue weighted by Crippen LogP contribution is 2.23. The van der Waals surface area contributed by atoms with Crippen LogP contribution in [0, 0.1) is 0 Å². The minimum absolute atomic E-state index is 0.114. The molecule has 2 aromatic heterocycles. The van der Waals surface area contributed by atoms with Gasteiger partial charge in [0.15, 0.2) is 0 Å². The number of hydrogen-bond donors (Lipinski definition) is 2. The SMILES string of the molecule is C=C=C(CNC(=O)c1ccn(C(C)(C)C)c1)NC1=NC(c2cccc(OC(F)F)n2)=CC1. The molecule has 1 amide bonds. The van der Waals surface area contributed by atoms with Crippen molar-refractivity contribution < 1.29 is 18.3 Å². The summed E-state index contributed by atoms with van der Waals surface area (Å²) in [5.41, 5.74) is 4.70. The normalized spacial score (nSPS) is 13.3. The van der Waals surface area contributed by atoms with Gasteiger partial charge in [-0.1, -0.05) is 12.6 Å². The minimum atomic E-state index is -2.95. The molecule has 0 aromatic carbocycles. The smallest absolute Gasteiger partial charge is 0.388 e. The van der Waals surface area contributed by atoms with Gasteiger partial charge in [-0.05, 0) is 39.0 Å². The van der Waals surface area contributed by atoms with Gasteiger partial charge in [0.1, 0.15) is 5.84 Å².